The molecule has 0 aliphatic carbocycles. The third-order valence-corrected chi connectivity index (χ3v) is 2.44. The molecule has 2 rings (SSSR count). The predicted molar refractivity (Wildman–Crippen MR) is 68.9 cm³/mol. The number of nitrogens with zero attached hydrogens (tertiary/aromatic N) is 3. The molecule has 8 nitrogen and oxygen atoms in total. The van der Waals surface area contributed by atoms with Crippen LogP contribution in [0, 0.1) is 0 Å². The Morgan fingerprint density at radius 2 is 1.89 bits per heavy atom. The van der Waals surface area contributed by atoms with Gasteiger partial charge in [0.15, 0.2) is 0 Å². The first-order valence-electron chi connectivity index (χ1n) is 5.08. The molecule has 4 N–H and O–H groups in total. The second-order valence-corrected chi connectivity index (χ2v) is 3.91. The highest BCUT2D eigenvalue weighted by Gasteiger charge is 2.14. The van der Waals surface area contributed by atoms with Gasteiger partial charge in [-0.3, -0.25) is 15.0 Å². The second-order valence-electron chi connectivity index (χ2n) is 3.50. The van der Waals surface area contributed by atoms with Crippen molar-refractivity contribution < 1.29 is 9.59 Å². The summed E-state index contributed by atoms with van der Waals surface area (Å²) in [5.74, 6) is -1.72. The van der Waals surface area contributed by atoms with Gasteiger partial charge in [0.1, 0.15) is 12.7 Å². The summed E-state index contributed by atoms with van der Waals surface area (Å²) in [6.07, 6.45) is 2.48. The van der Waals surface area contributed by atoms with E-state index in [1.807, 2.05) is 0 Å². The first kappa shape index (κ1) is 12.8. The fraction of sp³-hybridized carbons (Fsp3) is 0. The van der Waals surface area contributed by atoms with Gasteiger partial charge in [0.05, 0.1) is 10.7 Å². The van der Waals surface area contributed by atoms with Crippen molar-refractivity contribution in [3.8, 4) is 0 Å². The van der Waals surface area contributed by atoms with Crippen LogP contribution in [0.1, 0.15) is 0 Å². The maximum Gasteiger partial charge on any atom is 0.328 e. The minimum absolute atomic E-state index is 0.289. The highest BCUT2D eigenvalue weighted by atomic mass is 35.5. The Morgan fingerprint density at radius 3 is 2.53 bits per heavy atom. The van der Waals surface area contributed by atoms with E-state index < -0.39 is 11.8 Å². The summed E-state index contributed by atoms with van der Waals surface area (Å²) in [4.78, 5) is 23.1. The Bertz CT molecular complexity index is 612. The molecule has 19 heavy (non-hydrogen) atoms. The third kappa shape index (κ3) is 3.19. The number of anilines is 2. The van der Waals surface area contributed by atoms with Gasteiger partial charge in [0.25, 0.3) is 0 Å². The molecule has 1 heterocycles. The van der Waals surface area contributed by atoms with Gasteiger partial charge in [-0.15, -0.1) is 10.2 Å². The van der Waals surface area contributed by atoms with Gasteiger partial charge in [0, 0.05) is 5.69 Å². The number of benzene rings is 1. The van der Waals surface area contributed by atoms with Crippen LogP contribution in [-0.2, 0) is 9.59 Å². The van der Waals surface area contributed by atoms with Crippen molar-refractivity contribution >= 4 is 34.8 Å². The number of hydrogen-bond acceptors (Lipinski definition) is 5. The maximum atomic E-state index is 11.6. The minimum Gasteiger partial charge on any atom is -0.398 e. The molecule has 0 aliphatic rings. The van der Waals surface area contributed by atoms with Crippen LogP contribution in [0.5, 0.6) is 0 Å². The van der Waals surface area contributed by atoms with Crippen LogP contribution in [0.15, 0.2) is 30.9 Å². The summed E-state index contributed by atoms with van der Waals surface area (Å²) in [7, 11) is 0. The molecular weight excluding hydrogens is 272 g/mol. The van der Waals surface area contributed by atoms with Gasteiger partial charge in [-0.1, -0.05) is 11.6 Å². The lowest BCUT2D eigenvalue weighted by Gasteiger charge is -2.07. The number of amides is 2. The number of carbonyl (C=O) groups excluding carboxylic acids is 2. The quantitative estimate of drug-likeness (QED) is 0.538. The van der Waals surface area contributed by atoms with E-state index in [9.17, 15) is 9.59 Å². The Morgan fingerprint density at radius 1 is 1.21 bits per heavy atom. The maximum absolute atomic E-state index is 11.6. The van der Waals surface area contributed by atoms with Crippen molar-refractivity contribution in [1.29, 1.82) is 0 Å². The number of nitrogen functional groups attached to an aromatic ring is 1. The van der Waals surface area contributed by atoms with E-state index in [1.165, 1.54) is 30.9 Å². The topological polar surface area (TPSA) is 115 Å². The molecular formula is C10H9ClN6O2. The zero-order chi connectivity index (χ0) is 13.8. The van der Waals surface area contributed by atoms with Gasteiger partial charge in [0.2, 0.25) is 0 Å². The molecule has 0 unspecified atom stereocenters. The largest absolute Gasteiger partial charge is 0.398 e. The second kappa shape index (κ2) is 5.36. The molecule has 2 amide bonds. The molecule has 1 aromatic heterocycles. The van der Waals surface area contributed by atoms with Crippen molar-refractivity contribution in [2.75, 3.05) is 16.5 Å². The average molecular weight is 281 g/mol. The third-order valence-electron chi connectivity index (χ3n) is 2.11. The van der Waals surface area contributed by atoms with Gasteiger partial charge < -0.3 is 11.1 Å². The van der Waals surface area contributed by atoms with Crippen LogP contribution < -0.4 is 16.5 Å². The standard InChI is InChI=1S/C10H9ClN6O2/c11-7-3-6(1-2-8(7)12)15-9(18)10(19)16-17-4-13-14-5-17/h1-5H,12H2,(H,15,18)(H,16,19). The van der Waals surface area contributed by atoms with E-state index in [1.54, 1.807) is 0 Å². The lowest BCUT2D eigenvalue weighted by molar-refractivity contribution is -0.133. The van der Waals surface area contributed by atoms with E-state index >= 15 is 0 Å². The Balaban J connectivity index is 2.00. The normalized spacial score (nSPS) is 9.95. The van der Waals surface area contributed by atoms with Gasteiger partial charge in [-0.25, -0.2) is 4.68 Å². The predicted octanol–water partition coefficient (Wildman–Crippen LogP) is 0.223. The number of nitrogens with two attached hydrogens (primary N) is 1. The Hall–Kier alpha value is -2.61. The number of aromatic nitrogens is 3. The van der Waals surface area contributed by atoms with Gasteiger partial charge in [-0.2, -0.15) is 0 Å². The molecule has 0 saturated heterocycles. The highest BCUT2D eigenvalue weighted by molar-refractivity contribution is 6.42. The lowest BCUT2D eigenvalue weighted by atomic mass is 10.3. The summed E-state index contributed by atoms with van der Waals surface area (Å²) >= 11 is 5.79. The number of carbonyl (C=O) groups is 2. The average Bonchev–Trinajstić information content (AvgIpc) is 2.86. The fourth-order valence-corrected chi connectivity index (χ4v) is 1.40. The summed E-state index contributed by atoms with van der Waals surface area (Å²) in [5.41, 5.74) is 8.53. The zero-order valence-electron chi connectivity index (χ0n) is 9.50. The minimum atomic E-state index is -0.868. The van der Waals surface area contributed by atoms with Crippen LogP contribution in [0.2, 0.25) is 5.02 Å². The van der Waals surface area contributed by atoms with E-state index in [-0.39, 0.29) is 5.02 Å². The molecule has 0 fully saturated rings. The fourth-order valence-electron chi connectivity index (χ4n) is 1.22. The molecule has 0 saturated carbocycles. The molecule has 1 aromatic carbocycles. The summed E-state index contributed by atoms with van der Waals surface area (Å²) in [6.45, 7) is 0. The van der Waals surface area contributed by atoms with Crippen LogP contribution >= 0.6 is 11.6 Å². The SMILES string of the molecule is Nc1ccc(NC(=O)C(=O)Nn2cnnc2)cc1Cl. The van der Waals surface area contributed by atoms with E-state index in [0.29, 0.717) is 11.4 Å². The van der Waals surface area contributed by atoms with Gasteiger partial charge >= 0.3 is 11.8 Å². The summed E-state index contributed by atoms with van der Waals surface area (Å²) < 4.78 is 1.15. The monoisotopic (exact) mass is 280 g/mol. The molecule has 2 aromatic rings. The number of rotatable bonds is 2. The Kier molecular flexibility index (Phi) is 3.62. The van der Waals surface area contributed by atoms with Crippen LogP contribution in [-0.4, -0.2) is 26.7 Å². The number of hydrogen-bond donors (Lipinski definition) is 3. The van der Waals surface area contributed by atoms with Crippen molar-refractivity contribution in [3.63, 3.8) is 0 Å². The Labute approximate surface area is 112 Å². The smallest absolute Gasteiger partial charge is 0.328 e. The van der Waals surface area contributed by atoms with Crippen molar-refractivity contribution in [1.82, 2.24) is 14.9 Å². The van der Waals surface area contributed by atoms with Crippen molar-refractivity contribution in [2.45, 2.75) is 0 Å². The van der Waals surface area contributed by atoms with Crippen molar-refractivity contribution in [3.05, 3.63) is 35.9 Å². The summed E-state index contributed by atoms with van der Waals surface area (Å²) in [5, 5.41) is 9.62. The number of nitrogens with one attached hydrogen (secondary N) is 2. The first-order chi connectivity index (χ1) is 9.06. The van der Waals surface area contributed by atoms with Crippen LogP contribution in [0.25, 0.3) is 0 Å². The van der Waals surface area contributed by atoms with Crippen molar-refractivity contribution in [2.24, 2.45) is 0 Å². The molecule has 0 aliphatic heterocycles. The van der Waals surface area contributed by atoms with Crippen LogP contribution in [0.4, 0.5) is 11.4 Å². The molecule has 0 atom stereocenters. The summed E-state index contributed by atoms with van der Waals surface area (Å²) in [6, 6.07) is 4.50. The lowest BCUT2D eigenvalue weighted by Crippen LogP contribution is -2.33. The molecule has 0 bridgehead atoms. The van der Waals surface area contributed by atoms with E-state index in [2.05, 4.69) is 20.9 Å². The highest BCUT2D eigenvalue weighted by Crippen LogP contribution is 2.22. The molecule has 0 spiro atoms. The molecule has 98 valence electrons. The van der Waals surface area contributed by atoms with E-state index in [4.69, 9.17) is 17.3 Å². The first-order valence-corrected chi connectivity index (χ1v) is 5.46. The van der Waals surface area contributed by atoms with Gasteiger partial charge in [-0.05, 0) is 18.2 Å². The molecule has 0 radical (unpaired) electrons. The van der Waals surface area contributed by atoms with E-state index in [0.717, 1.165) is 4.68 Å². The van der Waals surface area contributed by atoms with Crippen LogP contribution in [0.3, 0.4) is 0 Å². The zero-order valence-corrected chi connectivity index (χ0v) is 10.3. The number of halogens is 1. The molecule has 9 heteroatoms.